The van der Waals surface area contributed by atoms with Crippen LogP contribution >= 0.6 is 0 Å². The van der Waals surface area contributed by atoms with Gasteiger partial charge in [-0.05, 0) is 18.6 Å². The number of para-hydroxylation sites is 2. The van der Waals surface area contributed by atoms with Crippen molar-refractivity contribution in [2.24, 2.45) is 0 Å². The first kappa shape index (κ1) is 14.8. The van der Waals surface area contributed by atoms with Gasteiger partial charge in [0.05, 0.1) is 12.8 Å². The first-order valence-electron chi connectivity index (χ1n) is 6.61. The van der Waals surface area contributed by atoms with Crippen LogP contribution in [0.5, 0.6) is 5.75 Å². The standard InChI is InChI=1S/C14H17N3O4/c1-3-10-13(19)16-12(18)8-17(10)14(20)15-9-6-4-5-7-11(9)21-2/h4-7,10H,3,8H2,1-2H3,(H,15,20)(H,16,18,19). The van der Waals surface area contributed by atoms with E-state index in [0.29, 0.717) is 17.9 Å². The SMILES string of the molecule is CCC1C(=O)NC(=O)CN1C(=O)Nc1ccccc1OC. The number of anilines is 1. The number of ether oxygens (including phenoxy) is 1. The molecule has 112 valence electrons. The van der Waals surface area contributed by atoms with E-state index in [2.05, 4.69) is 10.6 Å². The highest BCUT2D eigenvalue weighted by Gasteiger charge is 2.35. The monoisotopic (exact) mass is 291 g/mol. The largest absolute Gasteiger partial charge is 0.495 e. The highest BCUT2D eigenvalue weighted by atomic mass is 16.5. The Balaban J connectivity index is 2.18. The van der Waals surface area contributed by atoms with E-state index in [9.17, 15) is 14.4 Å². The van der Waals surface area contributed by atoms with E-state index in [-0.39, 0.29) is 6.54 Å². The van der Waals surface area contributed by atoms with Gasteiger partial charge in [-0.15, -0.1) is 0 Å². The number of piperazine rings is 1. The molecule has 0 radical (unpaired) electrons. The average molecular weight is 291 g/mol. The number of nitrogens with zero attached hydrogens (tertiary/aromatic N) is 1. The maximum absolute atomic E-state index is 12.3. The molecule has 1 heterocycles. The zero-order valence-electron chi connectivity index (χ0n) is 11.9. The Morgan fingerprint density at radius 3 is 2.81 bits per heavy atom. The van der Waals surface area contributed by atoms with Crippen molar-refractivity contribution in [3.63, 3.8) is 0 Å². The number of rotatable bonds is 3. The number of benzene rings is 1. The summed E-state index contributed by atoms with van der Waals surface area (Å²) in [4.78, 5) is 36.7. The highest BCUT2D eigenvalue weighted by molar-refractivity contribution is 6.06. The molecular formula is C14H17N3O4. The number of urea groups is 1. The third kappa shape index (κ3) is 3.13. The van der Waals surface area contributed by atoms with Crippen molar-refractivity contribution in [3.05, 3.63) is 24.3 Å². The van der Waals surface area contributed by atoms with Gasteiger partial charge in [-0.25, -0.2) is 4.79 Å². The number of hydrogen-bond acceptors (Lipinski definition) is 4. The minimum absolute atomic E-state index is 0.148. The lowest BCUT2D eigenvalue weighted by molar-refractivity contribution is -0.138. The van der Waals surface area contributed by atoms with Gasteiger partial charge in [0.1, 0.15) is 18.3 Å². The van der Waals surface area contributed by atoms with Crippen LogP contribution in [0.2, 0.25) is 0 Å². The van der Waals surface area contributed by atoms with Crippen molar-refractivity contribution >= 4 is 23.5 Å². The molecule has 7 nitrogen and oxygen atoms in total. The molecule has 0 bridgehead atoms. The van der Waals surface area contributed by atoms with E-state index in [4.69, 9.17) is 4.74 Å². The minimum atomic E-state index is -0.655. The Labute approximate surface area is 122 Å². The van der Waals surface area contributed by atoms with Crippen molar-refractivity contribution in [2.75, 3.05) is 19.0 Å². The minimum Gasteiger partial charge on any atom is -0.495 e. The Bertz CT molecular complexity index is 573. The van der Waals surface area contributed by atoms with Crippen molar-refractivity contribution in [2.45, 2.75) is 19.4 Å². The first-order chi connectivity index (χ1) is 10.1. The summed E-state index contributed by atoms with van der Waals surface area (Å²) in [5.41, 5.74) is 0.485. The van der Waals surface area contributed by atoms with Crippen LogP contribution in [0.4, 0.5) is 10.5 Å². The highest BCUT2D eigenvalue weighted by Crippen LogP contribution is 2.24. The summed E-state index contributed by atoms with van der Waals surface area (Å²) in [6, 6.07) is 5.77. The fraction of sp³-hybridized carbons (Fsp3) is 0.357. The summed E-state index contributed by atoms with van der Waals surface area (Å²) < 4.78 is 5.15. The molecule has 2 rings (SSSR count). The van der Waals surface area contributed by atoms with E-state index >= 15 is 0 Å². The number of imide groups is 1. The van der Waals surface area contributed by atoms with Gasteiger partial charge in [-0.3, -0.25) is 14.9 Å². The topological polar surface area (TPSA) is 87.7 Å². The van der Waals surface area contributed by atoms with Crippen LogP contribution in [0.15, 0.2) is 24.3 Å². The van der Waals surface area contributed by atoms with E-state index < -0.39 is 23.9 Å². The van der Waals surface area contributed by atoms with Gasteiger partial charge >= 0.3 is 6.03 Å². The van der Waals surface area contributed by atoms with Crippen LogP contribution in [0, 0.1) is 0 Å². The van der Waals surface area contributed by atoms with E-state index in [1.54, 1.807) is 31.2 Å². The van der Waals surface area contributed by atoms with E-state index in [0.717, 1.165) is 0 Å². The summed E-state index contributed by atoms with van der Waals surface area (Å²) >= 11 is 0. The fourth-order valence-electron chi connectivity index (χ4n) is 2.22. The van der Waals surface area contributed by atoms with Crippen molar-refractivity contribution in [1.82, 2.24) is 10.2 Å². The van der Waals surface area contributed by atoms with Gasteiger partial charge in [0.2, 0.25) is 11.8 Å². The lowest BCUT2D eigenvalue weighted by Gasteiger charge is -2.33. The third-order valence-corrected chi connectivity index (χ3v) is 3.25. The Morgan fingerprint density at radius 2 is 2.14 bits per heavy atom. The van der Waals surface area contributed by atoms with Crippen molar-refractivity contribution < 1.29 is 19.1 Å². The average Bonchev–Trinajstić information content (AvgIpc) is 2.47. The Hall–Kier alpha value is -2.57. The van der Waals surface area contributed by atoms with Crippen LogP contribution < -0.4 is 15.4 Å². The van der Waals surface area contributed by atoms with Crippen molar-refractivity contribution in [3.8, 4) is 5.75 Å². The van der Waals surface area contributed by atoms with Crippen LogP contribution in [-0.2, 0) is 9.59 Å². The lowest BCUT2D eigenvalue weighted by Crippen LogP contribution is -2.60. The second-order valence-corrected chi connectivity index (χ2v) is 4.59. The Morgan fingerprint density at radius 1 is 1.43 bits per heavy atom. The molecule has 1 unspecified atom stereocenters. The number of carbonyl (C=O) groups excluding carboxylic acids is 3. The molecule has 1 aliphatic heterocycles. The number of amides is 4. The van der Waals surface area contributed by atoms with Crippen molar-refractivity contribution in [1.29, 1.82) is 0 Å². The van der Waals surface area contributed by atoms with Gasteiger partial charge in [-0.2, -0.15) is 0 Å². The number of hydrogen-bond donors (Lipinski definition) is 2. The van der Waals surface area contributed by atoms with Gasteiger partial charge < -0.3 is 15.0 Å². The number of carbonyl (C=O) groups is 3. The second-order valence-electron chi connectivity index (χ2n) is 4.59. The second kappa shape index (κ2) is 6.25. The van der Waals surface area contributed by atoms with Crippen LogP contribution in [0.1, 0.15) is 13.3 Å². The zero-order valence-corrected chi connectivity index (χ0v) is 11.9. The number of methoxy groups -OCH3 is 1. The normalized spacial score (nSPS) is 18.2. The molecule has 2 N–H and O–H groups in total. The molecule has 1 aliphatic rings. The van der Waals surface area contributed by atoms with Crippen LogP contribution in [-0.4, -0.2) is 42.4 Å². The lowest BCUT2D eigenvalue weighted by atomic mass is 10.1. The van der Waals surface area contributed by atoms with Crippen LogP contribution in [0.25, 0.3) is 0 Å². The summed E-state index contributed by atoms with van der Waals surface area (Å²) in [6.45, 7) is 1.63. The summed E-state index contributed by atoms with van der Waals surface area (Å²) in [6.07, 6.45) is 0.429. The van der Waals surface area contributed by atoms with Gasteiger partial charge in [0.25, 0.3) is 0 Å². The molecule has 1 aromatic rings. The molecule has 7 heteroatoms. The maximum atomic E-state index is 12.3. The molecule has 1 saturated heterocycles. The molecule has 21 heavy (non-hydrogen) atoms. The maximum Gasteiger partial charge on any atom is 0.323 e. The third-order valence-electron chi connectivity index (χ3n) is 3.25. The molecule has 0 saturated carbocycles. The summed E-state index contributed by atoms with van der Waals surface area (Å²) in [5.74, 6) is -0.435. The van der Waals surface area contributed by atoms with E-state index in [1.807, 2.05) is 0 Å². The van der Waals surface area contributed by atoms with Gasteiger partial charge in [0, 0.05) is 0 Å². The molecule has 4 amide bonds. The first-order valence-corrected chi connectivity index (χ1v) is 6.61. The molecule has 1 fully saturated rings. The van der Waals surface area contributed by atoms with Gasteiger partial charge in [0.15, 0.2) is 0 Å². The molecule has 0 aromatic heterocycles. The predicted molar refractivity (Wildman–Crippen MR) is 75.9 cm³/mol. The predicted octanol–water partition coefficient (Wildman–Crippen LogP) is 0.964. The fourth-order valence-corrected chi connectivity index (χ4v) is 2.22. The molecular weight excluding hydrogens is 274 g/mol. The van der Waals surface area contributed by atoms with Gasteiger partial charge in [-0.1, -0.05) is 19.1 Å². The number of nitrogens with one attached hydrogen (secondary N) is 2. The van der Waals surface area contributed by atoms with E-state index in [1.165, 1.54) is 12.0 Å². The molecule has 0 aliphatic carbocycles. The molecule has 0 spiro atoms. The summed E-state index contributed by atoms with van der Waals surface area (Å²) in [5, 5.41) is 4.89. The summed E-state index contributed by atoms with van der Waals surface area (Å²) in [7, 11) is 1.50. The Kier molecular flexibility index (Phi) is 4.42. The quantitative estimate of drug-likeness (QED) is 0.812. The smallest absolute Gasteiger partial charge is 0.323 e. The van der Waals surface area contributed by atoms with Crippen LogP contribution in [0.3, 0.4) is 0 Å². The zero-order chi connectivity index (χ0) is 15.4. The molecule has 1 atom stereocenters. The molecule has 1 aromatic carbocycles.